The number of aromatic nitrogens is 2. The van der Waals surface area contributed by atoms with E-state index in [4.69, 9.17) is 9.59 Å². The Labute approximate surface area is 65.0 Å². The lowest BCUT2D eigenvalue weighted by atomic mass is 10.9. The number of carbonyl (C=O) groups excluding carboxylic acids is 2. The number of imidazole rings is 1. The maximum atomic E-state index is 8.81. The number of aromatic amines is 1. The first-order valence-corrected chi connectivity index (χ1v) is 2.73. The summed E-state index contributed by atoms with van der Waals surface area (Å²) in [6.07, 6.45) is 5.47. The molecule has 0 saturated heterocycles. The third kappa shape index (κ3) is 17.8. The second kappa shape index (κ2) is 15.7. The van der Waals surface area contributed by atoms with Gasteiger partial charge in [-0.15, -0.1) is 13.2 Å². The van der Waals surface area contributed by atoms with Crippen LogP contribution in [-0.2, 0) is 9.59 Å². The fourth-order valence-electron chi connectivity index (χ4n) is 0.215. The van der Waals surface area contributed by atoms with Crippen molar-refractivity contribution in [2.45, 2.75) is 0 Å². The molecule has 1 aromatic heterocycles. The quantitative estimate of drug-likeness (QED) is 0.366. The molecule has 0 fully saturated rings. The number of hydrogen-bond acceptors (Lipinski definition) is 3. The lowest BCUT2D eigenvalue weighted by molar-refractivity contribution is -0.122. The van der Waals surface area contributed by atoms with Gasteiger partial charge in [0.1, 0.15) is 0 Å². The second-order valence-corrected chi connectivity index (χ2v) is 1.03. The van der Waals surface area contributed by atoms with Gasteiger partial charge in [-0.1, -0.05) is 0 Å². The number of aldehydes is 2. The first kappa shape index (κ1) is 12.0. The number of H-pyrrole nitrogens is 1. The molecular weight excluding hydrogens is 144 g/mol. The van der Waals surface area contributed by atoms with Gasteiger partial charge in [0.25, 0.3) is 0 Å². The van der Waals surface area contributed by atoms with Crippen LogP contribution in [0.4, 0.5) is 0 Å². The molecule has 11 heavy (non-hydrogen) atoms. The maximum absolute atomic E-state index is 8.81. The predicted octanol–water partition coefficient (Wildman–Crippen LogP) is 0.596. The van der Waals surface area contributed by atoms with Crippen LogP contribution in [0.25, 0.3) is 0 Å². The van der Waals surface area contributed by atoms with Gasteiger partial charge in [0.2, 0.25) is 0 Å². The third-order valence-electron chi connectivity index (χ3n) is 0.461. The van der Waals surface area contributed by atoms with E-state index in [1.54, 1.807) is 18.7 Å². The summed E-state index contributed by atoms with van der Waals surface area (Å²) in [6, 6.07) is 0. The Bertz CT molecular complexity index is 138. The standard InChI is InChI=1S/C3H4N2.C2H2O2.C2H4/c1-2-5-3-4-1;3-1-2-4;1-2/h1-3H,(H,4,5);1-2H;1-2H2. The van der Waals surface area contributed by atoms with Gasteiger partial charge in [-0.2, -0.15) is 0 Å². The van der Waals surface area contributed by atoms with Crippen molar-refractivity contribution in [3.05, 3.63) is 31.9 Å². The molecule has 1 aromatic rings. The van der Waals surface area contributed by atoms with E-state index in [0.29, 0.717) is 0 Å². The molecule has 0 bridgehead atoms. The topological polar surface area (TPSA) is 62.8 Å². The summed E-state index contributed by atoms with van der Waals surface area (Å²) in [5, 5.41) is 0. The molecule has 4 heteroatoms. The van der Waals surface area contributed by atoms with Crippen LogP contribution in [-0.4, -0.2) is 22.5 Å². The van der Waals surface area contributed by atoms with Crippen LogP contribution in [0.5, 0.6) is 0 Å². The monoisotopic (exact) mass is 154 g/mol. The van der Waals surface area contributed by atoms with Gasteiger partial charge in [-0.25, -0.2) is 4.98 Å². The molecule has 0 unspecified atom stereocenters. The fraction of sp³-hybridized carbons (Fsp3) is 0. The molecule has 1 heterocycles. The summed E-state index contributed by atoms with van der Waals surface area (Å²) in [5.74, 6) is 0. The number of nitrogens with zero attached hydrogens (tertiary/aromatic N) is 1. The molecule has 0 atom stereocenters. The van der Waals surface area contributed by atoms with Gasteiger partial charge in [0.15, 0.2) is 12.6 Å². The minimum Gasteiger partial charge on any atom is -0.351 e. The fourth-order valence-corrected chi connectivity index (χ4v) is 0.215. The average molecular weight is 154 g/mol. The molecule has 0 aromatic carbocycles. The van der Waals surface area contributed by atoms with Gasteiger partial charge < -0.3 is 4.98 Å². The highest BCUT2D eigenvalue weighted by Gasteiger charge is 1.56. The van der Waals surface area contributed by atoms with Gasteiger partial charge in [-0.3, -0.25) is 9.59 Å². The largest absolute Gasteiger partial charge is 0.351 e. The van der Waals surface area contributed by atoms with Crippen molar-refractivity contribution in [1.82, 2.24) is 9.97 Å². The van der Waals surface area contributed by atoms with E-state index in [0.717, 1.165) is 0 Å². The Balaban J connectivity index is 0. The first-order valence-electron chi connectivity index (χ1n) is 2.73. The third-order valence-corrected chi connectivity index (χ3v) is 0.461. The lowest BCUT2D eigenvalue weighted by Gasteiger charge is -1.46. The first-order chi connectivity index (χ1) is 5.41. The highest BCUT2D eigenvalue weighted by molar-refractivity contribution is 6.09. The maximum Gasteiger partial charge on any atom is 0.182 e. The molecule has 60 valence electrons. The van der Waals surface area contributed by atoms with Crippen LogP contribution in [0.15, 0.2) is 31.9 Å². The summed E-state index contributed by atoms with van der Waals surface area (Å²) in [6.45, 7) is 6.00. The highest BCUT2D eigenvalue weighted by atomic mass is 16.2. The minimum absolute atomic E-state index is 0.194. The van der Waals surface area contributed by atoms with Crippen molar-refractivity contribution < 1.29 is 9.59 Å². The van der Waals surface area contributed by atoms with Crippen molar-refractivity contribution in [3.8, 4) is 0 Å². The molecule has 0 spiro atoms. The predicted molar refractivity (Wildman–Crippen MR) is 42.0 cm³/mol. The molecule has 1 N–H and O–H groups in total. The zero-order valence-electron chi connectivity index (χ0n) is 6.06. The van der Waals surface area contributed by atoms with Crippen LogP contribution in [0.1, 0.15) is 0 Å². The normalized spacial score (nSPS) is 5.82. The van der Waals surface area contributed by atoms with Gasteiger partial charge in [0, 0.05) is 12.4 Å². The summed E-state index contributed by atoms with van der Waals surface area (Å²) >= 11 is 0. The molecule has 0 aliphatic carbocycles. The van der Waals surface area contributed by atoms with Crippen molar-refractivity contribution in [3.63, 3.8) is 0 Å². The SMILES string of the molecule is C=C.O=CC=O.c1c[nH]cn1. The highest BCUT2D eigenvalue weighted by Crippen LogP contribution is 1.62. The Morgan fingerprint density at radius 2 is 1.82 bits per heavy atom. The molecule has 0 saturated carbocycles. The Hall–Kier alpha value is -1.71. The van der Waals surface area contributed by atoms with Crippen molar-refractivity contribution in [2.24, 2.45) is 0 Å². The van der Waals surface area contributed by atoms with E-state index in [9.17, 15) is 0 Å². The molecule has 0 amide bonds. The van der Waals surface area contributed by atoms with E-state index in [1.165, 1.54) is 0 Å². The van der Waals surface area contributed by atoms with Crippen molar-refractivity contribution in [1.29, 1.82) is 0 Å². The molecule has 0 aliphatic heterocycles. The zero-order chi connectivity index (χ0) is 8.95. The molecular formula is C7H10N2O2. The van der Waals surface area contributed by atoms with Crippen LogP contribution >= 0.6 is 0 Å². The van der Waals surface area contributed by atoms with E-state index in [-0.39, 0.29) is 12.6 Å². The lowest BCUT2D eigenvalue weighted by Crippen LogP contribution is -1.62. The second-order valence-electron chi connectivity index (χ2n) is 1.03. The van der Waals surface area contributed by atoms with Gasteiger partial charge in [-0.05, 0) is 0 Å². The Morgan fingerprint density at radius 3 is 1.91 bits per heavy atom. The van der Waals surface area contributed by atoms with Crippen LogP contribution in [0.3, 0.4) is 0 Å². The Kier molecular flexibility index (Phi) is 17.2. The van der Waals surface area contributed by atoms with Crippen molar-refractivity contribution in [2.75, 3.05) is 0 Å². The zero-order valence-corrected chi connectivity index (χ0v) is 6.06. The summed E-state index contributed by atoms with van der Waals surface area (Å²) in [7, 11) is 0. The number of rotatable bonds is 1. The Morgan fingerprint density at radius 1 is 1.27 bits per heavy atom. The van der Waals surface area contributed by atoms with Crippen LogP contribution < -0.4 is 0 Å². The number of hydrogen-bond donors (Lipinski definition) is 1. The minimum atomic E-state index is 0.194. The average Bonchev–Trinajstić information content (AvgIpc) is 2.65. The van der Waals surface area contributed by atoms with E-state index in [2.05, 4.69) is 23.1 Å². The van der Waals surface area contributed by atoms with E-state index in [1.807, 2.05) is 0 Å². The molecule has 1 rings (SSSR count). The van der Waals surface area contributed by atoms with Gasteiger partial charge >= 0.3 is 0 Å². The van der Waals surface area contributed by atoms with Crippen LogP contribution in [0.2, 0.25) is 0 Å². The van der Waals surface area contributed by atoms with Gasteiger partial charge in [0.05, 0.1) is 6.33 Å². The number of carbonyl (C=O) groups is 2. The summed E-state index contributed by atoms with van der Waals surface area (Å²) in [4.78, 5) is 24.0. The van der Waals surface area contributed by atoms with Crippen LogP contribution in [0, 0.1) is 0 Å². The molecule has 0 aliphatic rings. The summed E-state index contributed by atoms with van der Waals surface area (Å²) < 4.78 is 0. The number of nitrogens with one attached hydrogen (secondary N) is 1. The van der Waals surface area contributed by atoms with Crippen molar-refractivity contribution >= 4 is 12.6 Å². The van der Waals surface area contributed by atoms with E-state index < -0.39 is 0 Å². The molecule has 0 radical (unpaired) electrons. The molecule has 4 nitrogen and oxygen atoms in total. The summed E-state index contributed by atoms with van der Waals surface area (Å²) in [5.41, 5.74) is 0. The smallest absolute Gasteiger partial charge is 0.182 e. The van der Waals surface area contributed by atoms with E-state index >= 15 is 0 Å².